The van der Waals surface area contributed by atoms with Crippen molar-refractivity contribution in [3.63, 3.8) is 0 Å². The molecule has 2 rings (SSSR count). The highest BCUT2D eigenvalue weighted by atomic mass is 79.9. The van der Waals surface area contributed by atoms with Crippen LogP contribution >= 0.6 is 27.3 Å². The summed E-state index contributed by atoms with van der Waals surface area (Å²) < 4.78 is 34.7. The Kier molecular flexibility index (Phi) is 6.58. The third-order valence-corrected chi connectivity index (χ3v) is 4.84. The molecule has 0 unspecified atom stereocenters. The molecule has 0 atom stereocenters. The number of ether oxygens (including phenoxy) is 1. The molecule has 0 spiro atoms. The van der Waals surface area contributed by atoms with Gasteiger partial charge in [-0.05, 0) is 55.8 Å². The van der Waals surface area contributed by atoms with Crippen LogP contribution in [-0.4, -0.2) is 32.6 Å². The fraction of sp³-hybridized carbons (Fsp3) is 0.438. The number of carbonyl (C=O) groups is 1. The Bertz CT molecular complexity index is 923. The van der Waals surface area contributed by atoms with Crippen molar-refractivity contribution < 1.29 is 18.3 Å². The fourth-order valence-electron chi connectivity index (χ4n) is 2.15. The Labute approximate surface area is 166 Å². The van der Waals surface area contributed by atoms with Crippen molar-refractivity contribution in [2.45, 2.75) is 39.8 Å². The molecule has 11 heteroatoms. The van der Waals surface area contributed by atoms with Crippen molar-refractivity contribution >= 4 is 33.4 Å². The van der Waals surface area contributed by atoms with Crippen molar-refractivity contribution in [3.05, 3.63) is 43.9 Å². The van der Waals surface area contributed by atoms with Crippen molar-refractivity contribution in [2.75, 3.05) is 6.54 Å². The molecule has 0 aliphatic heterocycles. The van der Waals surface area contributed by atoms with Gasteiger partial charge in [0.25, 0.3) is 6.08 Å². The Morgan fingerprint density at radius 2 is 2.04 bits per heavy atom. The summed E-state index contributed by atoms with van der Waals surface area (Å²) in [6, 6.07) is 3.51. The summed E-state index contributed by atoms with van der Waals surface area (Å²) in [5.74, 6) is 0.369. The number of rotatable bonds is 5. The van der Waals surface area contributed by atoms with E-state index in [1.54, 1.807) is 39.8 Å². The van der Waals surface area contributed by atoms with Gasteiger partial charge in [-0.1, -0.05) is 0 Å². The molecule has 0 fully saturated rings. The molecule has 1 amide bonds. The average molecular weight is 465 g/mol. The number of hydrogen-bond donors (Lipinski definition) is 1. The highest BCUT2D eigenvalue weighted by molar-refractivity contribution is 9.11. The molecule has 0 aliphatic carbocycles. The van der Waals surface area contributed by atoms with Crippen LogP contribution in [0.3, 0.4) is 0 Å². The lowest BCUT2D eigenvalue weighted by Crippen LogP contribution is -2.34. The van der Waals surface area contributed by atoms with Gasteiger partial charge in [-0.15, -0.1) is 11.3 Å². The summed E-state index contributed by atoms with van der Waals surface area (Å²) in [6.07, 6.45) is -2.80. The molecule has 0 saturated carbocycles. The number of amides is 1. The topological polar surface area (TPSA) is 78.2 Å². The van der Waals surface area contributed by atoms with E-state index in [1.807, 2.05) is 0 Å². The van der Waals surface area contributed by atoms with E-state index >= 15 is 0 Å². The highest BCUT2D eigenvalue weighted by Gasteiger charge is 2.19. The number of nitrogens with zero attached hydrogens (tertiary/aromatic N) is 3. The standard InChI is InChI=1S/C16H19BrF2N4O3S/c1-9-21-22(15(25)23(9)12-6-5-11(17)27-12)8-10(13(18)19)7-20-14(24)26-16(2,3)4/h5-6H,7-8H2,1-4H3,(H,20,24). The van der Waals surface area contributed by atoms with Crippen LogP contribution in [0.5, 0.6) is 0 Å². The Morgan fingerprint density at radius 1 is 1.37 bits per heavy atom. The van der Waals surface area contributed by atoms with Gasteiger partial charge in [-0.25, -0.2) is 18.8 Å². The quantitative estimate of drug-likeness (QED) is 0.728. The van der Waals surface area contributed by atoms with Gasteiger partial charge in [-0.2, -0.15) is 13.9 Å². The van der Waals surface area contributed by atoms with Crippen molar-refractivity contribution in [1.82, 2.24) is 19.7 Å². The predicted molar refractivity (Wildman–Crippen MR) is 102 cm³/mol. The number of aryl methyl sites for hydroxylation is 1. The average Bonchev–Trinajstić information content (AvgIpc) is 3.05. The number of alkyl carbamates (subject to hydrolysis) is 1. The van der Waals surface area contributed by atoms with E-state index in [2.05, 4.69) is 26.3 Å². The fourth-order valence-corrected chi connectivity index (χ4v) is 3.56. The Balaban J connectivity index is 2.17. The second-order valence-electron chi connectivity index (χ2n) is 6.62. The first-order valence-electron chi connectivity index (χ1n) is 7.90. The Hall–Kier alpha value is -2.01. The number of carbonyl (C=O) groups excluding carboxylic acids is 1. The third kappa shape index (κ3) is 5.73. The monoisotopic (exact) mass is 464 g/mol. The minimum absolute atomic E-state index is 0.369. The molecular weight excluding hydrogens is 446 g/mol. The summed E-state index contributed by atoms with van der Waals surface area (Å²) in [4.78, 5) is 24.2. The van der Waals surface area contributed by atoms with E-state index < -0.39 is 42.1 Å². The van der Waals surface area contributed by atoms with E-state index in [1.165, 1.54) is 15.9 Å². The van der Waals surface area contributed by atoms with E-state index in [0.29, 0.717) is 10.8 Å². The highest BCUT2D eigenvalue weighted by Crippen LogP contribution is 2.25. The maximum atomic E-state index is 13.3. The molecule has 0 aromatic carbocycles. The van der Waals surface area contributed by atoms with Gasteiger partial charge in [-0.3, -0.25) is 0 Å². The maximum absolute atomic E-state index is 13.3. The minimum Gasteiger partial charge on any atom is -0.444 e. The zero-order chi connectivity index (χ0) is 20.4. The van der Waals surface area contributed by atoms with Crippen molar-refractivity contribution in [2.24, 2.45) is 0 Å². The van der Waals surface area contributed by atoms with Gasteiger partial charge < -0.3 is 10.1 Å². The van der Waals surface area contributed by atoms with Crippen LogP contribution in [0.15, 0.2) is 32.4 Å². The third-order valence-electron chi connectivity index (χ3n) is 3.23. The van der Waals surface area contributed by atoms with Gasteiger partial charge in [0.2, 0.25) is 0 Å². The van der Waals surface area contributed by atoms with Crippen LogP contribution in [0.4, 0.5) is 13.6 Å². The normalized spacial score (nSPS) is 11.4. The first-order valence-corrected chi connectivity index (χ1v) is 9.51. The molecule has 148 valence electrons. The summed E-state index contributed by atoms with van der Waals surface area (Å²) in [6.45, 7) is 5.70. The van der Waals surface area contributed by atoms with Gasteiger partial charge in [0.05, 0.1) is 10.3 Å². The molecule has 0 bridgehead atoms. The second kappa shape index (κ2) is 8.34. The molecule has 2 aromatic rings. The summed E-state index contributed by atoms with van der Waals surface area (Å²) in [5.41, 5.74) is -1.72. The van der Waals surface area contributed by atoms with Crippen LogP contribution in [0.1, 0.15) is 26.6 Å². The second-order valence-corrected chi connectivity index (χ2v) is 9.06. The van der Waals surface area contributed by atoms with E-state index in [0.717, 1.165) is 8.47 Å². The summed E-state index contributed by atoms with van der Waals surface area (Å²) in [5, 5.41) is 6.93. The van der Waals surface area contributed by atoms with E-state index in [-0.39, 0.29) is 0 Å². The predicted octanol–water partition coefficient (Wildman–Crippen LogP) is 3.84. The zero-order valence-electron chi connectivity index (χ0n) is 15.2. The lowest BCUT2D eigenvalue weighted by molar-refractivity contribution is 0.0531. The molecule has 0 saturated heterocycles. The Morgan fingerprint density at radius 3 is 2.56 bits per heavy atom. The van der Waals surface area contributed by atoms with Gasteiger partial charge in [0.1, 0.15) is 16.4 Å². The number of hydrogen-bond acceptors (Lipinski definition) is 5. The smallest absolute Gasteiger partial charge is 0.407 e. The molecule has 27 heavy (non-hydrogen) atoms. The zero-order valence-corrected chi connectivity index (χ0v) is 17.6. The van der Waals surface area contributed by atoms with Crippen molar-refractivity contribution in [1.29, 1.82) is 0 Å². The lowest BCUT2D eigenvalue weighted by atomic mass is 10.2. The largest absolute Gasteiger partial charge is 0.444 e. The summed E-state index contributed by atoms with van der Waals surface area (Å²) >= 11 is 4.64. The maximum Gasteiger partial charge on any atom is 0.407 e. The number of halogens is 3. The molecule has 0 radical (unpaired) electrons. The molecule has 0 aliphatic rings. The van der Waals surface area contributed by atoms with Crippen LogP contribution in [-0.2, 0) is 11.3 Å². The van der Waals surface area contributed by atoms with Crippen LogP contribution in [0, 0.1) is 6.92 Å². The molecule has 7 nitrogen and oxygen atoms in total. The minimum atomic E-state index is -1.98. The molecule has 1 N–H and O–H groups in total. The van der Waals surface area contributed by atoms with E-state index in [4.69, 9.17) is 4.74 Å². The number of nitrogens with one attached hydrogen (secondary N) is 1. The van der Waals surface area contributed by atoms with Crippen LogP contribution in [0.2, 0.25) is 0 Å². The lowest BCUT2D eigenvalue weighted by Gasteiger charge is -2.19. The van der Waals surface area contributed by atoms with Gasteiger partial charge >= 0.3 is 11.8 Å². The first-order chi connectivity index (χ1) is 12.5. The molecule has 2 aromatic heterocycles. The van der Waals surface area contributed by atoms with E-state index in [9.17, 15) is 18.4 Å². The SMILES string of the molecule is Cc1nn(CC(CNC(=O)OC(C)(C)C)=C(F)F)c(=O)n1-c1ccc(Br)s1. The first kappa shape index (κ1) is 21.3. The summed E-state index contributed by atoms with van der Waals surface area (Å²) in [7, 11) is 0. The van der Waals surface area contributed by atoms with Gasteiger partial charge in [0, 0.05) is 12.1 Å². The van der Waals surface area contributed by atoms with Crippen LogP contribution in [0.25, 0.3) is 5.00 Å². The van der Waals surface area contributed by atoms with Crippen molar-refractivity contribution in [3.8, 4) is 5.00 Å². The molecule has 2 heterocycles. The molecular formula is C16H19BrF2N4O3S. The van der Waals surface area contributed by atoms with Gasteiger partial charge in [0.15, 0.2) is 0 Å². The number of thiophene rings is 1. The van der Waals surface area contributed by atoms with Crippen LogP contribution < -0.4 is 11.0 Å². The number of aromatic nitrogens is 3.